The summed E-state index contributed by atoms with van der Waals surface area (Å²) in [5.41, 5.74) is 0.528. The van der Waals surface area contributed by atoms with Crippen molar-refractivity contribution < 1.29 is 4.79 Å². The number of rotatable bonds is 5. The predicted molar refractivity (Wildman–Crippen MR) is 103 cm³/mol. The minimum atomic E-state index is -0.368. The average Bonchev–Trinajstić information content (AvgIpc) is 3.25. The van der Waals surface area contributed by atoms with E-state index in [4.69, 9.17) is 0 Å². The van der Waals surface area contributed by atoms with Crippen LogP contribution < -0.4 is 16.4 Å². The molecule has 2 heterocycles. The average molecular weight is 376 g/mol. The van der Waals surface area contributed by atoms with Gasteiger partial charge in [-0.1, -0.05) is 24.3 Å². The first-order valence-corrected chi connectivity index (χ1v) is 8.59. The molecule has 0 unspecified atom stereocenters. The standard InChI is InChI=1S/C19H16N6O3/c26-17(22-15-7-3-4-8-16(15)25-12-20-11-21-25)9-10-24-19(28)14-6-2-1-5-13(14)18(27)23-24/h1-8,11-12H,9-10H2,(H,22,26)(H,23,27). The molecule has 0 fully saturated rings. The van der Waals surface area contributed by atoms with Crippen LogP contribution in [0.1, 0.15) is 6.42 Å². The monoisotopic (exact) mass is 376 g/mol. The van der Waals surface area contributed by atoms with Crippen LogP contribution in [0.25, 0.3) is 16.5 Å². The fourth-order valence-corrected chi connectivity index (χ4v) is 2.94. The van der Waals surface area contributed by atoms with E-state index in [1.807, 2.05) is 6.07 Å². The van der Waals surface area contributed by atoms with Crippen LogP contribution in [0.15, 0.2) is 70.8 Å². The number of carbonyl (C=O) groups is 1. The predicted octanol–water partition coefficient (Wildman–Crippen LogP) is 1.30. The van der Waals surface area contributed by atoms with Gasteiger partial charge < -0.3 is 5.32 Å². The molecule has 0 saturated carbocycles. The largest absolute Gasteiger partial charge is 0.324 e. The Bertz CT molecular complexity index is 1260. The van der Waals surface area contributed by atoms with Crippen molar-refractivity contribution in [1.82, 2.24) is 24.5 Å². The smallest absolute Gasteiger partial charge is 0.273 e. The number of carbonyl (C=O) groups excluding carboxylic acids is 1. The molecule has 0 bridgehead atoms. The number of anilines is 1. The summed E-state index contributed by atoms with van der Waals surface area (Å²) in [4.78, 5) is 40.9. The highest BCUT2D eigenvalue weighted by atomic mass is 16.2. The number of nitrogens with one attached hydrogen (secondary N) is 2. The Morgan fingerprint density at radius 1 is 1.04 bits per heavy atom. The van der Waals surface area contributed by atoms with Crippen LogP contribution in [0.3, 0.4) is 0 Å². The molecule has 0 radical (unpaired) electrons. The summed E-state index contributed by atoms with van der Waals surface area (Å²) < 4.78 is 2.70. The van der Waals surface area contributed by atoms with E-state index in [-0.39, 0.29) is 30.0 Å². The molecule has 0 atom stereocenters. The Labute approximate surface area is 158 Å². The minimum Gasteiger partial charge on any atom is -0.324 e. The number of nitrogens with zero attached hydrogens (tertiary/aromatic N) is 4. The van der Waals surface area contributed by atoms with Crippen LogP contribution in [-0.2, 0) is 11.3 Å². The highest BCUT2D eigenvalue weighted by Crippen LogP contribution is 2.18. The van der Waals surface area contributed by atoms with Crippen molar-refractivity contribution in [2.75, 3.05) is 5.32 Å². The second-order valence-corrected chi connectivity index (χ2v) is 6.10. The van der Waals surface area contributed by atoms with Crippen LogP contribution in [0.5, 0.6) is 0 Å². The number of aromatic nitrogens is 5. The Kier molecular flexibility index (Phi) is 4.55. The summed E-state index contributed by atoms with van der Waals surface area (Å²) in [7, 11) is 0. The molecule has 4 rings (SSSR count). The number of para-hydroxylation sites is 2. The summed E-state index contributed by atoms with van der Waals surface area (Å²) in [6, 6.07) is 13.7. The second kappa shape index (κ2) is 7.31. The molecule has 140 valence electrons. The maximum absolute atomic E-state index is 12.5. The highest BCUT2D eigenvalue weighted by Gasteiger charge is 2.11. The van der Waals surface area contributed by atoms with Crippen LogP contribution in [0.4, 0.5) is 5.69 Å². The summed E-state index contributed by atoms with van der Waals surface area (Å²) in [5, 5.41) is 10.0. The van der Waals surface area contributed by atoms with Gasteiger partial charge in [0.2, 0.25) is 5.91 Å². The maximum Gasteiger partial charge on any atom is 0.273 e. The summed E-state index contributed by atoms with van der Waals surface area (Å²) in [5.74, 6) is -0.298. The number of benzene rings is 2. The van der Waals surface area contributed by atoms with E-state index in [1.165, 1.54) is 12.7 Å². The van der Waals surface area contributed by atoms with E-state index < -0.39 is 0 Å². The lowest BCUT2D eigenvalue weighted by Crippen LogP contribution is -2.31. The van der Waals surface area contributed by atoms with Gasteiger partial charge in [0.25, 0.3) is 11.1 Å². The molecule has 0 spiro atoms. The van der Waals surface area contributed by atoms with Crippen molar-refractivity contribution in [2.45, 2.75) is 13.0 Å². The first-order chi connectivity index (χ1) is 13.6. The zero-order chi connectivity index (χ0) is 19.5. The van der Waals surface area contributed by atoms with E-state index in [1.54, 1.807) is 47.1 Å². The lowest BCUT2D eigenvalue weighted by atomic mass is 10.2. The third-order valence-electron chi connectivity index (χ3n) is 4.29. The fraction of sp³-hybridized carbons (Fsp3) is 0.105. The van der Waals surface area contributed by atoms with Gasteiger partial charge in [-0.25, -0.2) is 14.3 Å². The van der Waals surface area contributed by atoms with Crippen molar-refractivity contribution in [3.63, 3.8) is 0 Å². The molecule has 0 aliphatic carbocycles. The molecular formula is C19H16N6O3. The zero-order valence-corrected chi connectivity index (χ0v) is 14.7. The van der Waals surface area contributed by atoms with Gasteiger partial charge in [-0.2, -0.15) is 5.10 Å². The van der Waals surface area contributed by atoms with Crippen molar-refractivity contribution in [2.24, 2.45) is 0 Å². The number of hydrogen-bond donors (Lipinski definition) is 2. The van der Waals surface area contributed by atoms with E-state index in [0.717, 1.165) is 4.68 Å². The van der Waals surface area contributed by atoms with Crippen LogP contribution >= 0.6 is 0 Å². The zero-order valence-electron chi connectivity index (χ0n) is 14.7. The molecule has 28 heavy (non-hydrogen) atoms. The molecule has 2 aromatic heterocycles. The SMILES string of the molecule is O=C(CCn1[nH]c(=O)c2ccccc2c1=O)Nc1ccccc1-n1cncn1. The van der Waals surface area contributed by atoms with Gasteiger partial charge in [0.05, 0.1) is 28.7 Å². The normalized spacial score (nSPS) is 10.9. The Balaban J connectivity index is 1.52. The van der Waals surface area contributed by atoms with Crippen LogP contribution in [0, 0.1) is 0 Å². The van der Waals surface area contributed by atoms with E-state index in [0.29, 0.717) is 22.1 Å². The summed E-state index contributed by atoms with van der Waals surface area (Å²) in [6.07, 6.45) is 2.95. The van der Waals surface area contributed by atoms with Gasteiger partial charge in [0.15, 0.2) is 0 Å². The highest BCUT2D eigenvalue weighted by molar-refractivity contribution is 5.92. The fourth-order valence-electron chi connectivity index (χ4n) is 2.94. The number of amides is 1. The van der Waals surface area contributed by atoms with Crippen LogP contribution in [-0.4, -0.2) is 30.5 Å². The first kappa shape index (κ1) is 17.4. The number of aromatic amines is 1. The third-order valence-corrected chi connectivity index (χ3v) is 4.29. The van der Waals surface area contributed by atoms with Gasteiger partial charge in [-0.3, -0.25) is 19.5 Å². The number of fused-ring (bicyclic) bond motifs is 1. The van der Waals surface area contributed by atoms with E-state index in [9.17, 15) is 14.4 Å². The molecule has 0 aliphatic heterocycles. The first-order valence-electron chi connectivity index (χ1n) is 8.59. The van der Waals surface area contributed by atoms with Gasteiger partial charge >= 0.3 is 0 Å². The molecule has 2 N–H and O–H groups in total. The van der Waals surface area contributed by atoms with Gasteiger partial charge in [-0.05, 0) is 24.3 Å². The lowest BCUT2D eigenvalue weighted by Gasteiger charge is -2.11. The Hall–Kier alpha value is -4.01. The summed E-state index contributed by atoms with van der Waals surface area (Å²) in [6.45, 7) is 0.0518. The van der Waals surface area contributed by atoms with E-state index in [2.05, 4.69) is 20.5 Å². The van der Waals surface area contributed by atoms with Gasteiger partial charge in [-0.15, -0.1) is 0 Å². The molecule has 0 saturated heterocycles. The van der Waals surface area contributed by atoms with E-state index >= 15 is 0 Å². The van der Waals surface area contributed by atoms with Crippen molar-refractivity contribution in [3.8, 4) is 5.69 Å². The number of hydrogen-bond acceptors (Lipinski definition) is 5. The Morgan fingerprint density at radius 3 is 2.57 bits per heavy atom. The molecule has 4 aromatic rings. The molecule has 0 aliphatic rings. The topological polar surface area (TPSA) is 115 Å². The molecular weight excluding hydrogens is 360 g/mol. The minimum absolute atomic E-state index is 0.0138. The third kappa shape index (κ3) is 3.32. The molecule has 9 heteroatoms. The van der Waals surface area contributed by atoms with Gasteiger partial charge in [0, 0.05) is 6.42 Å². The number of H-pyrrole nitrogens is 1. The molecule has 1 amide bonds. The quantitative estimate of drug-likeness (QED) is 0.545. The number of aryl methyl sites for hydroxylation is 1. The van der Waals surface area contributed by atoms with Crippen molar-refractivity contribution >= 4 is 22.4 Å². The van der Waals surface area contributed by atoms with Crippen molar-refractivity contribution in [1.29, 1.82) is 0 Å². The van der Waals surface area contributed by atoms with Gasteiger partial charge in [0.1, 0.15) is 12.7 Å². The molecule has 2 aromatic carbocycles. The van der Waals surface area contributed by atoms with Crippen molar-refractivity contribution in [3.05, 3.63) is 81.9 Å². The summed E-state index contributed by atoms with van der Waals surface area (Å²) >= 11 is 0. The molecule has 9 nitrogen and oxygen atoms in total. The Morgan fingerprint density at radius 2 is 1.79 bits per heavy atom. The van der Waals surface area contributed by atoms with Crippen LogP contribution in [0.2, 0.25) is 0 Å². The maximum atomic E-state index is 12.5. The second-order valence-electron chi connectivity index (χ2n) is 6.10. The lowest BCUT2D eigenvalue weighted by molar-refractivity contribution is -0.116.